The highest BCUT2D eigenvalue weighted by atomic mass is 35.5. The molecule has 3 rings (SSSR count). The second kappa shape index (κ2) is 10.4. The molecule has 1 saturated heterocycles. The summed E-state index contributed by atoms with van der Waals surface area (Å²) in [4.78, 5) is 11.5. The van der Waals surface area contributed by atoms with Crippen LogP contribution in [-0.4, -0.2) is 43.0 Å². The highest BCUT2D eigenvalue weighted by Crippen LogP contribution is 2.26. The fourth-order valence-electron chi connectivity index (χ4n) is 3.49. The maximum absolute atomic E-state index is 13.2. The Morgan fingerprint density at radius 1 is 1.17 bits per heavy atom. The van der Waals surface area contributed by atoms with Crippen molar-refractivity contribution in [3.63, 3.8) is 0 Å². The van der Waals surface area contributed by atoms with Gasteiger partial charge in [0.25, 0.3) is 0 Å². The van der Waals surface area contributed by atoms with Crippen molar-refractivity contribution in [2.24, 2.45) is 0 Å². The van der Waals surface area contributed by atoms with E-state index in [1.54, 1.807) is 29.7 Å². The van der Waals surface area contributed by atoms with Crippen LogP contribution in [0.15, 0.2) is 53.4 Å². The molecule has 0 spiro atoms. The fourth-order valence-corrected chi connectivity index (χ4v) is 5.42. The maximum atomic E-state index is 13.2. The van der Waals surface area contributed by atoms with Crippen LogP contribution in [0.1, 0.15) is 30.4 Å². The third-order valence-corrected chi connectivity index (χ3v) is 7.35. The predicted octanol–water partition coefficient (Wildman–Crippen LogP) is 3.15. The normalized spacial score (nSPS) is 15.8. The smallest absolute Gasteiger partial charge is 0.243 e. The number of aryl methyl sites for hydroxylation is 1. The summed E-state index contributed by atoms with van der Waals surface area (Å²) in [7, 11) is -3.68. The van der Waals surface area contributed by atoms with Crippen molar-refractivity contribution < 1.29 is 23.2 Å². The van der Waals surface area contributed by atoms with Gasteiger partial charge in [-0.25, -0.2) is 13.9 Å². The van der Waals surface area contributed by atoms with E-state index >= 15 is 0 Å². The lowest BCUT2D eigenvalue weighted by molar-refractivity contribution is -0.129. The first-order chi connectivity index (χ1) is 14.4. The molecule has 162 valence electrons. The van der Waals surface area contributed by atoms with Crippen LogP contribution in [0.25, 0.3) is 0 Å². The van der Waals surface area contributed by atoms with Crippen molar-refractivity contribution >= 4 is 27.5 Å². The number of hydrogen-bond acceptors (Lipinski definition) is 5. The lowest BCUT2D eigenvalue weighted by Gasteiger charge is -2.31. The number of carbonyl (C=O) groups excluding carboxylic acids is 1. The van der Waals surface area contributed by atoms with Gasteiger partial charge < -0.3 is 4.74 Å². The molecule has 9 heteroatoms. The standard InChI is InChI=1S/C21H25ClN2O5S/c22-18-6-3-4-16(14-18)15-29-19-10-12-24(13-11-19)30(27,28)20-7-2-1-5-17(20)8-9-21(25)23-26/h1-7,14,19,26H,8-13,15H2,(H,23,25). The quantitative estimate of drug-likeness (QED) is 0.473. The van der Waals surface area contributed by atoms with Crippen molar-refractivity contribution in [3.8, 4) is 0 Å². The first-order valence-electron chi connectivity index (χ1n) is 9.77. The minimum absolute atomic E-state index is 0.00243. The van der Waals surface area contributed by atoms with Crippen LogP contribution in [0.5, 0.6) is 0 Å². The number of ether oxygens (including phenoxy) is 1. The van der Waals surface area contributed by atoms with E-state index in [1.165, 1.54) is 4.31 Å². The number of nitrogens with zero attached hydrogens (tertiary/aromatic N) is 1. The number of rotatable bonds is 8. The number of benzene rings is 2. The Hall–Kier alpha value is -1.97. The van der Waals surface area contributed by atoms with E-state index in [9.17, 15) is 13.2 Å². The van der Waals surface area contributed by atoms with Gasteiger partial charge in [-0.3, -0.25) is 10.0 Å². The molecule has 1 amide bonds. The Balaban J connectivity index is 1.60. The summed E-state index contributed by atoms with van der Waals surface area (Å²) in [5, 5.41) is 9.32. The molecule has 0 atom stereocenters. The summed E-state index contributed by atoms with van der Waals surface area (Å²) in [6.07, 6.45) is 1.42. The van der Waals surface area contributed by atoms with Crippen molar-refractivity contribution in [1.82, 2.24) is 9.79 Å². The van der Waals surface area contributed by atoms with Crippen molar-refractivity contribution in [3.05, 3.63) is 64.7 Å². The highest BCUT2D eigenvalue weighted by Gasteiger charge is 2.31. The molecule has 0 radical (unpaired) electrons. The minimum Gasteiger partial charge on any atom is -0.373 e. The molecular formula is C21H25ClN2O5S. The number of hydroxylamine groups is 1. The summed E-state index contributed by atoms with van der Waals surface area (Å²) in [6, 6.07) is 14.1. The van der Waals surface area contributed by atoms with Crippen LogP contribution in [0.2, 0.25) is 5.02 Å². The molecule has 1 fully saturated rings. The molecule has 1 aliphatic rings. The minimum atomic E-state index is -3.68. The van der Waals surface area contributed by atoms with Gasteiger partial charge in [0.05, 0.1) is 17.6 Å². The Morgan fingerprint density at radius 2 is 1.90 bits per heavy atom. The molecule has 2 N–H and O–H groups in total. The molecule has 0 unspecified atom stereocenters. The molecule has 0 saturated carbocycles. The highest BCUT2D eigenvalue weighted by molar-refractivity contribution is 7.89. The Bertz CT molecular complexity index is 975. The SMILES string of the molecule is O=C(CCc1ccccc1S(=O)(=O)N1CCC(OCc2cccc(Cl)c2)CC1)NO. The molecule has 0 aliphatic carbocycles. The number of hydrogen-bond donors (Lipinski definition) is 2. The van der Waals surface area contributed by atoms with Gasteiger partial charge in [0.1, 0.15) is 0 Å². The number of nitrogens with one attached hydrogen (secondary N) is 1. The second-order valence-corrected chi connectivity index (χ2v) is 9.53. The van der Waals surface area contributed by atoms with E-state index in [0.717, 1.165) is 5.56 Å². The zero-order valence-corrected chi connectivity index (χ0v) is 18.0. The first-order valence-corrected chi connectivity index (χ1v) is 11.6. The number of sulfonamides is 1. The van der Waals surface area contributed by atoms with Crippen LogP contribution in [0.3, 0.4) is 0 Å². The monoisotopic (exact) mass is 452 g/mol. The summed E-state index contributed by atoms with van der Waals surface area (Å²) < 4.78 is 33.7. The van der Waals surface area contributed by atoms with E-state index in [0.29, 0.717) is 43.1 Å². The lowest BCUT2D eigenvalue weighted by Crippen LogP contribution is -2.41. The average molecular weight is 453 g/mol. The van der Waals surface area contributed by atoms with Crippen molar-refractivity contribution in [1.29, 1.82) is 0 Å². The summed E-state index contributed by atoms with van der Waals surface area (Å²) in [6.45, 7) is 1.18. The van der Waals surface area contributed by atoms with E-state index in [-0.39, 0.29) is 23.8 Å². The molecule has 0 bridgehead atoms. The molecular weight excluding hydrogens is 428 g/mol. The number of amides is 1. The molecule has 30 heavy (non-hydrogen) atoms. The van der Waals surface area contributed by atoms with Gasteiger partial charge in [0.2, 0.25) is 15.9 Å². The summed E-state index contributed by atoms with van der Waals surface area (Å²) in [5.74, 6) is -0.556. The van der Waals surface area contributed by atoms with Gasteiger partial charge >= 0.3 is 0 Å². The van der Waals surface area contributed by atoms with Crippen molar-refractivity contribution in [2.45, 2.75) is 43.3 Å². The van der Waals surface area contributed by atoms with Crippen LogP contribution >= 0.6 is 11.6 Å². The number of carbonyl (C=O) groups is 1. The zero-order chi connectivity index (χ0) is 21.6. The molecule has 2 aromatic rings. The third-order valence-electron chi connectivity index (χ3n) is 5.11. The van der Waals surface area contributed by atoms with Crippen molar-refractivity contribution in [2.75, 3.05) is 13.1 Å². The van der Waals surface area contributed by atoms with Gasteiger partial charge in [-0.15, -0.1) is 0 Å². The Morgan fingerprint density at radius 3 is 2.60 bits per heavy atom. The van der Waals surface area contributed by atoms with Crippen LogP contribution in [-0.2, 0) is 32.6 Å². The number of halogens is 1. The topological polar surface area (TPSA) is 95.9 Å². The summed E-state index contributed by atoms with van der Waals surface area (Å²) >= 11 is 5.99. The second-order valence-electron chi connectivity index (χ2n) is 7.19. The van der Waals surface area contributed by atoms with Gasteiger partial charge in [-0.1, -0.05) is 41.9 Å². The maximum Gasteiger partial charge on any atom is 0.243 e. The molecule has 2 aromatic carbocycles. The van der Waals surface area contributed by atoms with Crippen LogP contribution in [0, 0.1) is 0 Å². The van der Waals surface area contributed by atoms with Gasteiger partial charge in [-0.05, 0) is 48.6 Å². The zero-order valence-electron chi connectivity index (χ0n) is 16.5. The molecule has 1 heterocycles. The van der Waals surface area contributed by atoms with E-state index < -0.39 is 15.9 Å². The van der Waals surface area contributed by atoms with E-state index in [4.69, 9.17) is 21.5 Å². The Kier molecular flexibility index (Phi) is 7.85. The predicted molar refractivity (Wildman–Crippen MR) is 113 cm³/mol. The largest absolute Gasteiger partial charge is 0.373 e. The summed E-state index contributed by atoms with van der Waals surface area (Å²) in [5.41, 5.74) is 3.11. The molecule has 7 nitrogen and oxygen atoms in total. The average Bonchev–Trinajstić information content (AvgIpc) is 2.76. The van der Waals surface area contributed by atoms with E-state index in [1.807, 2.05) is 24.3 Å². The van der Waals surface area contributed by atoms with E-state index in [2.05, 4.69) is 0 Å². The van der Waals surface area contributed by atoms with Crippen LogP contribution in [0.4, 0.5) is 0 Å². The molecule has 0 aromatic heterocycles. The number of piperidine rings is 1. The van der Waals surface area contributed by atoms with Gasteiger partial charge in [0, 0.05) is 24.5 Å². The lowest BCUT2D eigenvalue weighted by atomic mass is 10.1. The first kappa shape index (κ1) is 22.7. The van der Waals surface area contributed by atoms with Crippen LogP contribution < -0.4 is 5.48 Å². The third kappa shape index (κ3) is 5.80. The molecule has 1 aliphatic heterocycles. The fraction of sp³-hybridized carbons (Fsp3) is 0.381. The van der Waals surface area contributed by atoms with Gasteiger partial charge in [-0.2, -0.15) is 4.31 Å². The Labute approximate surface area is 181 Å². The van der Waals surface area contributed by atoms with Gasteiger partial charge in [0.15, 0.2) is 0 Å².